The molecule has 0 radical (unpaired) electrons. The van der Waals surface area contributed by atoms with Crippen LogP contribution in [0.2, 0.25) is 0 Å². The summed E-state index contributed by atoms with van der Waals surface area (Å²) in [6.07, 6.45) is 0. The van der Waals surface area contributed by atoms with Gasteiger partial charge in [-0.15, -0.1) is 0 Å². The fourth-order valence-corrected chi connectivity index (χ4v) is 1.94. The largest absolute Gasteiger partial charge is 0.506 e. The molecule has 0 heterocycles. The van der Waals surface area contributed by atoms with E-state index in [1.165, 1.54) is 0 Å². The zero-order valence-corrected chi connectivity index (χ0v) is 10.4. The summed E-state index contributed by atoms with van der Waals surface area (Å²) < 4.78 is 0.781. The van der Waals surface area contributed by atoms with Gasteiger partial charge in [-0.25, -0.2) is 0 Å². The first-order valence-electron chi connectivity index (χ1n) is 4.67. The van der Waals surface area contributed by atoms with E-state index in [4.69, 9.17) is 5.73 Å². The Morgan fingerprint density at radius 1 is 1.50 bits per heavy atom. The molecule has 0 aliphatic rings. The van der Waals surface area contributed by atoms with Crippen molar-refractivity contribution in [1.82, 2.24) is 0 Å². The van der Waals surface area contributed by atoms with Crippen LogP contribution in [0.4, 0.5) is 0 Å². The minimum Gasteiger partial charge on any atom is -0.506 e. The summed E-state index contributed by atoms with van der Waals surface area (Å²) in [7, 11) is 0. The quantitative estimate of drug-likeness (QED) is 0.856. The van der Waals surface area contributed by atoms with Gasteiger partial charge in [0.05, 0.1) is 4.47 Å². The number of halogens is 1. The van der Waals surface area contributed by atoms with Gasteiger partial charge < -0.3 is 10.8 Å². The monoisotopic (exact) mass is 257 g/mol. The third kappa shape index (κ3) is 1.93. The second-order valence-corrected chi connectivity index (χ2v) is 4.50. The van der Waals surface area contributed by atoms with Gasteiger partial charge in [-0.2, -0.15) is 0 Å². The Morgan fingerprint density at radius 2 is 2.07 bits per heavy atom. The highest BCUT2D eigenvalue weighted by atomic mass is 79.9. The molecule has 3 heteroatoms. The summed E-state index contributed by atoms with van der Waals surface area (Å²) in [5, 5.41) is 9.82. The molecule has 0 fully saturated rings. The predicted octanol–water partition coefficient (Wildman–Crippen LogP) is 2.83. The van der Waals surface area contributed by atoms with Gasteiger partial charge in [0.2, 0.25) is 0 Å². The molecule has 1 unspecified atom stereocenters. The molecule has 2 nitrogen and oxygen atoms in total. The second-order valence-electron chi connectivity index (χ2n) is 3.71. The van der Waals surface area contributed by atoms with Crippen molar-refractivity contribution in [2.24, 2.45) is 5.73 Å². The van der Waals surface area contributed by atoms with Crippen molar-refractivity contribution in [1.29, 1.82) is 0 Å². The lowest BCUT2D eigenvalue weighted by atomic mass is 9.94. The van der Waals surface area contributed by atoms with Crippen molar-refractivity contribution in [3.63, 3.8) is 0 Å². The lowest BCUT2D eigenvalue weighted by molar-refractivity contribution is 0.465. The van der Waals surface area contributed by atoms with E-state index in [0.717, 1.165) is 21.2 Å². The van der Waals surface area contributed by atoms with Crippen LogP contribution in [0.5, 0.6) is 5.75 Å². The second kappa shape index (κ2) is 4.32. The van der Waals surface area contributed by atoms with E-state index in [0.29, 0.717) is 12.3 Å². The zero-order valence-electron chi connectivity index (χ0n) is 8.76. The van der Waals surface area contributed by atoms with Gasteiger partial charge >= 0.3 is 0 Å². The Morgan fingerprint density at radius 3 is 2.57 bits per heavy atom. The first kappa shape index (κ1) is 11.5. The Bertz CT molecular complexity index is 350. The van der Waals surface area contributed by atoms with Crippen LogP contribution < -0.4 is 5.73 Å². The van der Waals surface area contributed by atoms with Gasteiger partial charge in [0.1, 0.15) is 5.75 Å². The van der Waals surface area contributed by atoms with E-state index in [-0.39, 0.29) is 5.92 Å². The van der Waals surface area contributed by atoms with E-state index in [1.807, 2.05) is 13.8 Å². The number of aryl methyl sites for hydroxylation is 1. The van der Waals surface area contributed by atoms with Gasteiger partial charge in [0.25, 0.3) is 0 Å². The van der Waals surface area contributed by atoms with Crippen molar-refractivity contribution in [2.75, 3.05) is 6.54 Å². The normalized spacial score (nSPS) is 12.9. The summed E-state index contributed by atoms with van der Waals surface area (Å²) in [5.41, 5.74) is 8.71. The van der Waals surface area contributed by atoms with Crippen LogP contribution in [0.15, 0.2) is 10.5 Å². The van der Waals surface area contributed by atoms with Gasteiger partial charge in [-0.3, -0.25) is 0 Å². The Hall–Kier alpha value is -0.540. The number of hydrogen-bond donors (Lipinski definition) is 2. The van der Waals surface area contributed by atoms with E-state index in [2.05, 4.69) is 28.9 Å². The van der Waals surface area contributed by atoms with E-state index in [1.54, 1.807) is 0 Å². The fraction of sp³-hybridized carbons (Fsp3) is 0.455. The maximum Gasteiger partial charge on any atom is 0.133 e. The molecule has 0 saturated heterocycles. The molecule has 0 amide bonds. The SMILES string of the molecule is Cc1cc(C(C)CN)c(C)c(O)c1Br. The average Bonchev–Trinajstić information content (AvgIpc) is 2.19. The molecule has 0 spiro atoms. The zero-order chi connectivity index (χ0) is 10.9. The molecule has 1 rings (SSSR count). The van der Waals surface area contributed by atoms with Crippen LogP contribution in [0.3, 0.4) is 0 Å². The van der Waals surface area contributed by atoms with Crippen molar-refractivity contribution < 1.29 is 5.11 Å². The lowest BCUT2D eigenvalue weighted by Gasteiger charge is -2.16. The summed E-state index contributed by atoms with van der Waals surface area (Å²) in [6, 6.07) is 2.08. The first-order chi connectivity index (χ1) is 6.49. The van der Waals surface area contributed by atoms with Crippen molar-refractivity contribution in [3.8, 4) is 5.75 Å². The third-order valence-corrected chi connectivity index (χ3v) is 3.60. The minimum absolute atomic E-state index is 0.285. The Kier molecular flexibility index (Phi) is 3.56. The van der Waals surface area contributed by atoms with E-state index >= 15 is 0 Å². The van der Waals surface area contributed by atoms with Crippen LogP contribution in [0.1, 0.15) is 29.5 Å². The van der Waals surface area contributed by atoms with Crippen molar-refractivity contribution in [2.45, 2.75) is 26.7 Å². The average molecular weight is 258 g/mol. The smallest absolute Gasteiger partial charge is 0.133 e. The summed E-state index contributed by atoms with van der Waals surface area (Å²) in [5.74, 6) is 0.619. The van der Waals surface area contributed by atoms with E-state index in [9.17, 15) is 5.11 Å². The van der Waals surface area contributed by atoms with Crippen LogP contribution in [0, 0.1) is 13.8 Å². The molecule has 78 valence electrons. The molecule has 1 aromatic carbocycles. The number of rotatable bonds is 2. The highest BCUT2D eigenvalue weighted by molar-refractivity contribution is 9.10. The number of hydrogen-bond acceptors (Lipinski definition) is 2. The van der Waals surface area contributed by atoms with Gasteiger partial charge in [0.15, 0.2) is 0 Å². The van der Waals surface area contributed by atoms with Gasteiger partial charge in [0, 0.05) is 0 Å². The van der Waals surface area contributed by atoms with Gasteiger partial charge in [-0.1, -0.05) is 13.0 Å². The minimum atomic E-state index is 0.285. The highest BCUT2D eigenvalue weighted by Crippen LogP contribution is 2.35. The summed E-state index contributed by atoms with van der Waals surface area (Å²) >= 11 is 3.35. The topological polar surface area (TPSA) is 46.2 Å². The lowest BCUT2D eigenvalue weighted by Crippen LogP contribution is -2.10. The number of nitrogens with two attached hydrogens (primary N) is 1. The first-order valence-corrected chi connectivity index (χ1v) is 5.47. The van der Waals surface area contributed by atoms with E-state index < -0.39 is 0 Å². The molecule has 0 aliphatic heterocycles. The molecule has 0 saturated carbocycles. The van der Waals surface area contributed by atoms with Gasteiger partial charge in [-0.05, 0) is 58.9 Å². The van der Waals surface area contributed by atoms with Crippen LogP contribution in [0.25, 0.3) is 0 Å². The molecule has 1 atom stereocenters. The third-order valence-electron chi connectivity index (χ3n) is 2.60. The van der Waals surface area contributed by atoms with Crippen LogP contribution in [-0.2, 0) is 0 Å². The predicted molar refractivity (Wildman–Crippen MR) is 62.8 cm³/mol. The maximum atomic E-state index is 9.82. The number of phenols is 1. The number of aromatic hydroxyl groups is 1. The van der Waals surface area contributed by atoms with Crippen molar-refractivity contribution >= 4 is 15.9 Å². The molecule has 14 heavy (non-hydrogen) atoms. The number of benzene rings is 1. The molecular formula is C11H16BrNO. The maximum absolute atomic E-state index is 9.82. The summed E-state index contributed by atoms with van der Waals surface area (Å²) in [6.45, 7) is 6.55. The molecular weight excluding hydrogens is 242 g/mol. The molecule has 3 N–H and O–H groups in total. The van der Waals surface area contributed by atoms with Crippen LogP contribution in [-0.4, -0.2) is 11.7 Å². The van der Waals surface area contributed by atoms with Crippen molar-refractivity contribution in [3.05, 3.63) is 27.2 Å². The molecule has 0 aromatic heterocycles. The fourth-order valence-electron chi connectivity index (χ4n) is 1.53. The summed E-state index contributed by atoms with van der Waals surface area (Å²) in [4.78, 5) is 0. The number of phenolic OH excluding ortho intramolecular Hbond substituents is 1. The Balaban J connectivity index is 3.33. The highest BCUT2D eigenvalue weighted by Gasteiger charge is 2.14. The Labute approximate surface area is 93.3 Å². The standard InChI is InChI=1S/C11H16BrNO/c1-6-4-9(7(2)5-13)8(3)11(14)10(6)12/h4,7,14H,5,13H2,1-3H3. The van der Waals surface area contributed by atoms with Crippen LogP contribution >= 0.6 is 15.9 Å². The molecule has 0 aliphatic carbocycles. The molecule has 0 bridgehead atoms. The molecule has 1 aromatic rings.